The number of aryl methyl sites for hydroxylation is 1. The highest BCUT2D eigenvalue weighted by molar-refractivity contribution is 5.79. The molecule has 19 heavy (non-hydrogen) atoms. The van der Waals surface area contributed by atoms with Gasteiger partial charge in [0.25, 0.3) is 0 Å². The molecule has 1 saturated heterocycles. The second-order valence-electron chi connectivity index (χ2n) is 5.43. The van der Waals surface area contributed by atoms with Crippen molar-refractivity contribution in [3.63, 3.8) is 0 Å². The quantitative estimate of drug-likeness (QED) is 0.750. The third kappa shape index (κ3) is 2.65. The van der Waals surface area contributed by atoms with E-state index in [4.69, 9.17) is 0 Å². The number of piperidine rings is 1. The second kappa shape index (κ2) is 5.48. The van der Waals surface area contributed by atoms with Crippen molar-refractivity contribution in [1.29, 1.82) is 0 Å². The molecule has 1 nitrogen and oxygen atoms in total. The average Bonchev–Trinajstić information content (AvgIpc) is 2.49. The zero-order valence-electron chi connectivity index (χ0n) is 11.6. The predicted octanol–water partition coefficient (Wildman–Crippen LogP) is 4.65. The Bertz CT molecular complexity index is 539. The fourth-order valence-corrected chi connectivity index (χ4v) is 2.91. The van der Waals surface area contributed by atoms with E-state index in [1.54, 1.807) is 0 Å². The van der Waals surface area contributed by atoms with Gasteiger partial charge in [-0.1, -0.05) is 42.0 Å². The Morgan fingerprint density at radius 2 is 1.58 bits per heavy atom. The molecule has 0 bridgehead atoms. The summed E-state index contributed by atoms with van der Waals surface area (Å²) in [5.74, 6) is 0. The van der Waals surface area contributed by atoms with Gasteiger partial charge in [0.05, 0.1) is 0 Å². The smallest absolute Gasteiger partial charge is 0.0446 e. The van der Waals surface area contributed by atoms with E-state index in [0.29, 0.717) is 0 Å². The van der Waals surface area contributed by atoms with Crippen LogP contribution in [0, 0.1) is 6.92 Å². The molecule has 0 spiro atoms. The van der Waals surface area contributed by atoms with Crippen LogP contribution in [0.25, 0.3) is 11.1 Å². The molecule has 0 atom stereocenters. The van der Waals surface area contributed by atoms with Gasteiger partial charge in [0.15, 0.2) is 0 Å². The molecule has 2 aromatic carbocycles. The zero-order valence-corrected chi connectivity index (χ0v) is 11.6. The van der Waals surface area contributed by atoms with Gasteiger partial charge in [0.2, 0.25) is 0 Å². The number of benzene rings is 2. The van der Waals surface area contributed by atoms with Crippen molar-refractivity contribution >= 4 is 5.69 Å². The van der Waals surface area contributed by atoms with E-state index < -0.39 is 0 Å². The maximum Gasteiger partial charge on any atom is 0.0446 e. The second-order valence-corrected chi connectivity index (χ2v) is 5.43. The average molecular weight is 251 g/mol. The van der Waals surface area contributed by atoms with Gasteiger partial charge in [0, 0.05) is 24.3 Å². The lowest BCUT2D eigenvalue weighted by molar-refractivity contribution is 0.578. The summed E-state index contributed by atoms with van der Waals surface area (Å²) in [7, 11) is 0. The Balaban J connectivity index is 2.04. The molecule has 0 saturated carbocycles. The Kier molecular flexibility index (Phi) is 3.54. The summed E-state index contributed by atoms with van der Waals surface area (Å²) in [6.07, 6.45) is 4.02. The maximum atomic E-state index is 2.55. The Hall–Kier alpha value is -1.76. The lowest BCUT2D eigenvalue weighted by Crippen LogP contribution is -2.29. The van der Waals surface area contributed by atoms with Gasteiger partial charge in [-0.15, -0.1) is 0 Å². The number of hydrogen-bond acceptors (Lipinski definition) is 1. The van der Waals surface area contributed by atoms with Gasteiger partial charge < -0.3 is 4.90 Å². The monoisotopic (exact) mass is 251 g/mol. The van der Waals surface area contributed by atoms with Crippen LogP contribution in [0.3, 0.4) is 0 Å². The van der Waals surface area contributed by atoms with Crippen molar-refractivity contribution in [2.24, 2.45) is 0 Å². The highest BCUT2D eigenvalue weighted by Gasteiger charge is 2.15. The van der Waals surface area contributed by atoms with Crippen molar-refractivity contribution in [3.8, 4) is 11.1 Å². The van der Waals surface area contributed by atoms with Crippen molar-refractivity contribution < 1.29 is 0 Å². The third-order valence-corrected chi connectivity index (χ3v) is 3.93. The summed E-state index contributed by atoms with van der Waals surface area (Å²) in [6.45, 7) is 4.57. The topological polar surface area (TPSA) is 3.24 Å². The molecule has 1 aliphatic rings. The van der Waals surface area contributed by atoms with Gasteiger partial charge in [-0.25, -0.2) is 0 Å². The molecule has 2 aromatic rings. The molecular formula is C18H21N. The summed E-state index contributed by atoms with van der Waals surface area (Å²) in [4.78, 5) is 2.55. The lowest BCUT2D eigenvalue weighted by atomic mass is 9.99. The van der Waals surface area contributed by atoms with Gasteiger partial charge in [0.1, 0.15) is 0 Å². The van der Waals surface area contributed by atoms with Crippen molar-refractivity contribution in [2.45, 2.75) is 26.2 Å². The van der Waals surface area contributed by atoms with Crippen LogP contribution in [0.2, 0.25) is 0 Å². The Morgan fingerprint density at radius 1 is 0.842 bits per heavy atom. The summed E-state index contributed by atoms with van der Waals surface area (Å²) in [6, 6.07) is 17.6. The first-order valence-corrected chi connectivity index (χ1v) is 7.25. The van der Waals surface area contributed by atoms with Crippen molar-refractivity contribution in [3.05, 3.63) is 54.1 Å². The first-order chi connectivity index (χ1) is 9.34. The van der Waals surface area contributed by atoms with E-state index in [1.165, 1.54) is 54.7 Å². The standard InChI is InChI=1S/C18H21N/c1-15-10-11-18(19-12-6-3-7-13-19)17(14-15)16-8-4-2-5-9-16/h2,4-5,8-11,14H,3,6-7,12-13H2,1H3. The maximum absolute atomic E-state index is 2.55. The molecule has 1 aliphatic heterocycles. The Labute approximate surface area is 115 Å². The lowest BCUT2D eigenvalue weighted by Gasteiger charge is -2.31. The van der Waals surface area contributed by atoms with Crippen LogP contribution >= 0.6 is 0 Å². The van der Waals surface area contributed by atoms with Gasteiger partial charge >= 0.3 is 0 Å². The molecule has 1 fully saturated rings. The highest BCUT2D eigenvalue weighted by atomic mass is 15.1. The third-order valence-electron chi connectivity index (χ3n) is 3.93. The molecule has 0 unspecified atom stereocenters. The number of anilines is 1. The first kappa shape index (κ1) is 12.3. The molecule has 0 aliphatic carbocycles. The van der Waals surface area contributed by atoms with E-state index in [9.17, 15) is 0 Å². The van der Waals surface area contributed by atoms with Crippen LogP contribution in [0.1, 0.15) is 24.8 Å². The van der Waals surface area contributed by atoms with Crippen molar-refractivity contribution in [2.75, 3.05) is 18.0 Å². The molecule has 0 radical (unpaired) electrons. The van der Waals surface area contributed by atoms with Crippen LogP contribution in [0.15, 0.2) is 48.5 Å². The van der Waals surface area contributed by atoms with E-state index in [-0.39, 0.29) is 0 Å². The minimum atomic E-state index is 1.20. The van der Waals surface area contributed by atoms with E-state index in [1.807, 2.05) is 0 Å². The normalized spacial score (nSPS) is 15.5. The predicted molar refractivity (Wildman–Crippen MR) is 82.7 cm³/mol. The molecule has 0 amide bonds. The highest BCUT2D eigenvalue weighted by Crippen LogP contribution is 2.33. The summed E-state index contributed by atoms with van der Waals surface area (Å²) >= 11 is 0. The zero-order chi connectivity index (χ0) is 13.1. The van der Waals surface area contributed by atoms with E-state index in [2.05, 4.69) is 60.4 Å². The van der Waals surface area contributed by atoms with Gasteiger partial charge in [-0.3, -0.25) is 0 Å². The fraction of sp³-hybridized carbons (Fsp3) is 0.333. The van der Waals surface area contributed by atoms with Crippen LogP contribution in [-0.4, -0.2) is 13.1 Å². The van der Waals surface area contributed by atoms with Gasteiger partial charge in [-0.2, -0.15) is 0 Å². The molecular weight excluding hydrogens is 230 g/mol. The largest absolute Gasteiger partial charge is 0.371 e. The molecule has 1 heteroatoms. The molecule has 0 N–H and O–H groups in total. The van der Waals surface area contributed by atoms with Gasteiger partial charge in [-0.05, 0) is 43.9 Å². The van der Waals surface area contributed by atoms with Crippen LogP contribution in [0.5, 0.6) is 0 Å². The van der Waals surface area contributed by atoms with E-state index >= 15 is 0 Å². The molecule has 3 rings (SSSR count). The molecule has 0 aromatic heterocycles. The van der Waals surface area contributed by atoms with Crippen LogP contribution < -0.4 is 4.90 Å². The number of rotatable bonds is 2. The Morgan fingerprint density at radius 3 is 2.32 bits per heavy atom. The van der Waals surface area contributed by atoms with Crippen molar-refractivity contribution in [1.82, 2.24) is 0 Å². The van der Waals surface area contributed by atoms with Crippen LogP contribution in [0.4, 0.5) is 5.69 Å². The number of nitrogens with zero attached hydrogens (tertiary/aromatic N) is 1. The summed E-state index contributed by atoms with van der Waals surface area (Å²) in [5.41, 5.74) is 5.44. The molecule has 1 heterocycles. The van der Waals surface area contributed by atoms with E-state index in [0.717, 1.165) is 0 Å². The fourth-order valence-electron chi connectivity index (χ4n) is 2.91. The minimum Gasteiger partial charge on any atom is -0.371 e. The summed E-state index contributed by atoms with van der Waals surface area (Å²) in [5, 5.41) is 0. The summed E-state index contributed by atoms with van der Waals surface area (Å²) < 4.78 is 0. The molecule has 98 valence electrons. The first-order valence-electron chi connectivity index (χ1n) is 7.25. The number of hydrogen-bond donors (Lipinski definition) is 0. The minimum absolute atomic E-state index is 1.20. The van der Waals surface area contributed by atoms with Crippen LogP contribution in [-0.2, 0) is 0 Å². The SMILES string of the molecule is Cc1ccc(N2CCCCC2)c(-c2ccccc2)c1.